The van der Waals surface area contributed by atoms with Crippen molar-refractivity contribution < 1.29 is 27.4 Å². The fourth-order valence-corrected chi connectivity index (χ4v) is 4.24. The van der Waals surface area contributed by atoms with Crippen LogP contribution in [0.15, 0.2) is 65.4 Å². The maximum absolute atomic E-state index is 14.5. The van der Waals surface area contributed by atoms with Gasteiger partial charge in [-0.2, -0.15) is 8.78 Å². The minimum atomic E-state index is -2.91. The minimum Gasteiger partial charge on any atom is -0.491 e. The minimum absolute atomic E-state index is 0.0113. The summed E-state index contributed by atoms with van der Waals surface area (Å²) in [5, 5.41) is 3.29. The van der Waals surface area contributed by atoms with Gasteiger partial charge in [0, 0.05) is 37.2 Å². The van der Waals surface area contributed by atoms with Crippen molar-refractivity contribution in [1.29, 1.82) is 0 Å². The number of aliphatic imine (C=N–C) groups is 1. The number of halogens is 3. The van der Waals surface area contributed by atoms with Crippen LogP contribution in [0, 0.1) is 5.82 Å². The maximum atomic E-state index is 14.5. The number of hydrogen-bond acceptors (Lipinski definition) is 8. The van der Waals surface area contributed by atoms with Crippen LogP contribution >= 0.6 is 0 Å². The second-order valence-electron chi connectivity index (χ2n) is 9.10. The van der Waals surface area contributed by atoms with Gasteiger partial charge in [0.1, 0.15) is 17.3 Å². The first kappa shape index (κ1) is 27.3. The standard InChI is InChI=1S/C24H26F3N5O2.C3H6O/c1-16-11-28-15-22(30-12-16)31-9-7-18(8-10-31)32(21-14-29-13-20(25)23(21)33-2)17-3-5-19(6-4-17)34-24(26)27;1-3-2-4-3/h3-6,11-15,18,24,30H,7-10H2,1-2H3;3H,2H2,1H3. The number of ether oxygens (including phenoxy) is 3. The van der Waals surface area contributed by atoms with Crippen molar-refractivity contribution in [2.75, 3.05) is 31.7 Å². The first-order valence-electron chi connectivity index (χ1n) is 12.4. The summed E-state index contributed by atoms with van der Waals surface area (Å²) in [5.74, 6) is 0.464. The molecule has 0 spiro atoms. The van der Waals surface area contributed by atoms with E-state index in [1.165, 1.54) is 19.2 Å². The Morgan fingerprint density at radius 2 is 1.84 bits per heavy atom. The van der Waals surface area contributed by atoms with Crippen LogP contribution in [0.1, 0.15) is 26.7 Å². The van der Waals surface area contributed by atoms with E-state index in [9.17, 15) is 13.2 Å². The smallest absolute Gasteiger partial charge is 0.387 e. The molecule has 0 saturated carbocycles. The predicted molar refractivity (Wildman–Crippen MR) is 139 cm³/mol. The van der Waals surface area contributed by atoms with E-state index >= 15 is 0 Å². The van der Waals surface area contributed by atoms with Crippen molar-refractivity contribution in [2.24, 2.45) is 4.99 Å². The lowest BCUT2D eigenvalue weighted by atomic mass is 10.0. The number of benzene rings is 1. The second kappa shape index (κ2) is 12.7. The summed E-state index contributed by atoms with van der Waals surface area (Å²) in [4.78, 5) is 12.5. The third-order valence-electron chi connectivity index (χ3n) is 6.23. The quantitative estimate of drug-likeness (QED) is 0.492. The van der Waals surface area contributed by atoms with Gasteiger partial charge < -0.3 is 29.3 Å². The van der Waals surface area contributed by atoms with E-state index in [4.69, 9.17) is 9.47 Å². The lowest BCUT2D eigenvalue weighted by Crippen LogP contribution is -2.44. The Morgan fingerprint density at radius 3 is 2.45 bits per heavy atom. The largest absolute Gasteiger partial charge is 0.491 e. The zero-order chi connectivity index (χ0) is 27.1. The van der Waals surface area contributed by atoms with Crippen LogP contribution in [0.3, 0.4) is 0 Å². The molecule has 11 heteroatoms. The molecule has 1 aromatic heterocycles. The monoisotopic (exact) mass is 531 g/mol. The van der Waals surface area contributed by atoms with Crippen LogP contribution < -0.4 is 19.7 Å². The lowest BCUT2D eigenvalue weighted by Gasteiger charge is -2.41. The Kier molecular flexibility index (Phi) is 9.11. The molecule has 2 fully saturated rings. The summed E-state index contributed by atoms with van der Waals surface area (Å²) in [6, 6.07) is 6.27. The normalized spacial score (nSPS) is 18.9. The van der Waals surface area contributed by atoms with Crippen molar-refractivity contribution in [3.63, 3.8) is 0 Å². The van der Waals surface area contributed by atoms with Crippen LogP contribution in [0.5, 0.6) is 11.5 Å². The Bertz CT molecular complexity index is 1160. The van der Waals surface area contributed by atoms with Crippen LogP contribution in [-0.2, 0) is 4.74 Å². The average molecular weight is 532 g/mol. The fourth-order valence-electron chi connectivity index (χ4n) is 4.24. The van der Waals surface area contributed by atoms with Crippen molar-refractivity contribution in [3.05, 3.63) is 66.3 Å². The van der Waals surface area contributed by atoms with Crippen molar-refractivity contribution in [1.82, 2.24) is 15.2 Å². The predicted octanol–water partition coefficient (Wildman–Crippen LogP) is 5.22. The number of piperidine rings is 1. The SMILES string of the molecule is CC1CO1.COc1c(F)cncc1N(c1ccc(OC(F)F)cc1)C1CCN(C2=CN=CC(C)=CN2)CC1. The van der Waals surface area contributed by atoms with Crippen LogP contribution in [0.2, 0.25) is 0 Å². The number of allylic oxidation sites excluding steroid dienone is 1. The molecule has 8 nitrogen and oxygen atoms in total. The number of anilines is 2. The molecule has 3 aliphatic heterocycles. The molecule has 1 unspecified atom stereocenters. The highest BCUT2D eigenvalue weighted by molar-refractivity contribution is 5.78. The van der Waals surface area contributed by atoms with Gasteiger partial charge in [-0.25, -0.2) is 4.39 Å². The van der Waals surface area contributed by atoms with Crippen LogP contribution in [0.4, 0.5) is 24.5 Å². The molecule has 5 rings (SSSR count). The van der Waals surface area contributed by atoms with Crippen LogP contribution in [-0.4, -0.2) is 61.7 Å². The second-order valence-corrected chi connectivity index (χ2v) is 9.10. The fraction of sp³-hybridized carbons (Fsp3) is 0.407. The summed E-state index contributed by atoms with van der Waals surface area (Å²) in [7, 11) is 1.41. The van der Waals surface area contributed by atoms with E-state index in [1.54, 1.807) is 30.7 Å². The molecule has 1 aromatic carbocycles. The molecule has 2 aromatic rings. The molecule has 1 N–H and O–H groups in total. The highest BCUT2D eigenvalue weighted by Gasteiger charge is 2.30. The zero-order valence-corrected chi connectivity index (χ0v) is 21.6. The van der Waals surface area contributed by atoms with Gasteiger partial charge in [-0.3, -0.25) is 9.98 Å². The van der Waals surface area contributed by atoms with E-state index in [2.05, 4.69) is 31.9 Å². The number of pyridine rings is 1. The number of aromatic nitrogens is 1. The summed E-state index contributed by atoms with van der Waals surface area (Å²) in [6.07, 6.45) is 10.2. The van der Waals surface area contributed by atoms with E-state index in [-0.39, 0.29) is 17.5 Å². The van der Waals surface area contributed by atoms with Gasteiger partial charge in [0.2, 0.25) is 0 Å². The number of alkyl halides is 2. The van der Waals surface area contributed by atoms with Crippen molar-refractivity contribution in [3.8, 4) is 11.5 Å². The molecule has 1 atom stereocenters. The first-order chi connectivity index (χ1) is 18.4. The number of methoxy groups -OCH3 is 1. The van der Waals surface area contributed by atoms with E-state index in [0.717, 1.165) is 50.1 Å². The molecule has 0 aliphatic carbocycles. The number of rotatable bonds is 7. The molecular weight excluding hydrogens is 499 g/mol. The van der Waals surface area contributed by atoms with Gasteiger partial charge in [-0.05, 0) is 56.5 Å². The molecule has 4 heterocycles. The van der Waals surface area contributed by atoms with Crippen molar-refractivity contribution >= 4 is 17.6 Å². The molecule has 3 aliphatic rings. The summed E-state index contributed by atoms with van der Waals surface area (Å²) < 4.78 is 54.2. The summed E-state index contributed by atoms with van der Waals surface area (Å²) >= 11 is 0. The van der Waals surface area contributed by atoms with Gasteiger partial charge in [-0.1, -0.05) is 0 Å². The Morgan fingerprint density at radius 1 is 1.16 bits per heavy atom. The molecule has 38 heavy (non-hydrogen) atoms. The van der Waals surface area contributed by atoms with Gasteiger partial charge in [-0.15, -0.1) is 0 Å². The van der Waals surface area contributed by atoms with E-state index < -0.39 is 12.4 Å². The third kappa shape index (κ3) is 7.18. The molecule has 2 saturated heterocycles. The molecule has 0 radical (unpaired) electrons. The van der Waals surface area contributed by atoms with Gasteiger partial charge in [0.05, 0.1) is 38.4 Å². The maximum Gasteiger partial charge on any atom is 0.387 e. The van der Waals surface area contributed by atoms with E-state index in [0.29, 0.717) is 17.5 Å². The summed E-state index contributed by atoms with van der Waals surface area (Å²) in [5.41, 5.74) is 2.19. The highest BCUT2D eigenvalue weighted by Crippen LogP contribution is 2.39. The van der Waals surface area contributed by atoms with Gasteiger partial charge in [0.25, 0.3) is 0 Å². The number of hydrogen-bond donors (Lipinski definition) is 1. The van der Waals surface area contributed by atoms with Gasteiger partial charge in [0.15, 0.2) is 11.6 Å². The third-order valence-corrected chi connectivity index (χ3v) is 6.23. The number of likely N-dealkylation sites (tertiary alicyclic amines) is 1. The molecule has 204 valence electrons. The molecule has 0 bridgehead atoms. The average Bonchev–Trinajstić information content (AvgIpc) is 3.72. The Hall–Kier alpha value is -3.73. The topological polar surface area (TPSA) is 74.8 Å². The molecular formula is C27H32F3N5O3. The van der Waals surface area contributed by atoms with Crippen molar-refractivity contribution in [2.45, 2.75) is 45.4 Å². The first-order valence-corrected chi connectivity index (χ1v) is 12.4. The number of nitrogens with one attached hydrogen (secondary N) is 1. The Labute approximate surface area is 220 Å². The lowest BCUT2D eigenvalue weighted by molar-refractivity contribution is -0.0498. The van der Waals surface area contributed by atoms with Gasteiger partial charge >= 0.3 is 6.61 Å². The zero-order valence-electron chi connectivity index (χ0n) is 21.6. The summed E-state index contributed by atoms with van der Waals surface area (Å²) in [6.45, 7) is 3.57. The number of epoxide rings is 1. The molecule has 0 amide bonds. The number of nitrogens with zero attached hydrogens (tertiary/aromatic N) is 4. The van der Waals surface area contributed by atoms with E-state index in [1.807, 2.05) is 18.0 Å². The van der Waals surface area contributed by atoms with Crippen LogP contribution in [0.25, 0.3) is 0 Å². The highest BCUT2D eigenvalue weighted by atomic mass is 19.3. The Balaban J connectivity index is 0.000000768.